The third-order valence-electron chi connectivity index (χ3n) is 5.21. The smallest absolute Gasteiger partial charge is 0.114 e. The first-order valence-corrected chi connectivity index (χ1v) is 9.24. The Hall–Kier alpha value is -2.54. The normalized spacial score (nSPS) is 27.0. The van der Waals surface area contributed by atoms with E-state index < -0.39 is 0 Å². The molecule has 0 spiro atoms. The Morgan fingerprint density at radius 2 is 1.67 bits per heavy atom. The summed E-state index contributed by atoms with van der Waals surface area (Å²) in [4.78, 5) is 0. The quantitative estimate of drug-likeness (QED) is 0.698. The molecule has 3 aromatic rings. The van der Waals surface area contributed by atoms with Crippen LogP contribution < -0.4 is 0 Å². The maximum absolute atomic E-state index is 6.07. The van der Waals surface area contributed by atoms with Crippen molar-refractivity contribution in [1.82, 2.24) is 15.0 Å². The van der Waals surface area contributed by atoms with Gasteiger partial charge in [-0.15, -0.1) is 5.10 Å². The van der Waals surface area contributed by atoms with E-state index >= 15 is 0 Å². The van der Waals surface area contributed by atoms with E-state index in [2.05, 4.69) is 22.4 Å². The lowest BCUT2D eigenvalue weighted by molar-refractivity contribution is -0.0399. The van der Waals surface area contributed by atoms with Gasteiger partial charge in [0.05, 0.1) is 26.0 Å². The van der Waals surface area contributed by atoms with Gasteiger partial charge >= 0.3 is 0 Å². The van der Waals surface area contributed by atoms with Gasteiger partial charge in [0, 0.05) is 5.56 Å². The second-order valence-electron chi connectivity index (χ2n) is 6.95. The summed E-state index contributed by atoms with van der Waals surface area (Å²) in [6.45, 7) is 1.66. The molecule has 2 fully saturated rings. The highest BCUT2D eigenvalue weighted by molar-refractivity contribution is 5.57. The van der Waals surface area contributed by atoms with Crippen LogP contribution in [0.15, 0.2) is 66.9 Å². The lowest BCUT2D eigenvalue weighted by atomic mass is 10.1. The number of hydrogen-bond acceptors (Lipinski definition) is 5. The molecule has 5 rings (SSSR count). The van der Waals surface area contributed by atoms with Crippen molar-refractivity contribution in [2.45, 2.75) is 31.0 Å². The molecule has 1 aromatic heterocycles. The van der Waals surface area contributed by atoms with E-state index in [9.17, 15) is 0 Å². The summed E-state index contributed by atoms with van der Waals surface area (Å²) in [6, 6.07) is 20.2. The summed E-state index contributed by atoms with van der Waals surface area (Å²) in [5, 5.41) is 8.63. The maximum atomic E-state index is 6.07. The molecule has 4 unspecified atom stereocenters. The lowest BCUT2D eigenvalue weighted by Gasteiger charge is -2.17. The molecule has 6 nitrogen and oxygen atoms in total. The molecule has 0 radical (unpaired) electrons. The van der Waals surface area contributed by atoms with E-state index in [1.807, 2.05) is 59.4 Å². The van der Waals surface area contributed by atoms with Crippen molar-refractivity contribution in [3.63, 3.8) is 0 Å². The number of rotatable bonds is 5. The van der Waals surface area contributed by atoms with Crippen LogP contribution in [0.25, 0.3) is 11.3 Å². The highest BCUT2D eigenvalue weighted by Crippen LogP contribution is 2.35. The minimum absolute atomic E-state index is 0.0188. The van der Waals surface area contributed by atoms with Gasteiger partial charge in [-0.3, -0.25) is 0 Å². The first kappa shape index (κ1) is 16.6. The Morgan fingerprint density at radius 3 is 2.48 bits per heavy atom. The van der Waals surface area contributed by atoms with E-state index in [1.54, 1.807) is 0 Å². The highest BCUT2D eigenvalue weighted by Gasteiger charge is 2.49. The zero-order valence-corrected chi connectivity index (χ0v) is 14.8. The molecule has 0 N–H and O–H groups in total. The van der Waals surface area contributed by atoms with Gasteiger partial charge in [0.1, 0.15) is 30.0 Å². The van der Waals surface area contributed by atoms with Gasteiger partial charge in [0.15, 0.2) is 0 Å². The van der Waals surface area contributed by atoms with Gasteiger partial charge < -0.3 is 14.2 Å². The molecule has 6 heteroatoms. The molecule has 3 heterocycles. The minimum atomic E-state index is -0.0666. The molecular formula is C21H21N3O3. The fraction of sp³-hybridized carbons (Fsp3) is 0.333. The number of ether oxygens (including phenoxy) is 3. The average Bonchev–Trinajstić information content (AvgIpc) is 3.44. The van der Waals surface area contributed by atoms with Crippen LogP contribution in [0.5, 0.6) is 0 Å². The Bertz CT molecular complexity index is 884. The van der Waals surface area contributed by atoms with Crippen molar-refractivity contribution in [3.8, 4) is 11.3 Å². The molecule has 138 valence electrons. The zero-order chi connectivity index (χ0) is 18.1. The van der Waals surface area contributed by atoms with E-state index in [-0.39, 0.29) is 24.4 Å². The van der Waals surface area contributed by atoms with Crippen molar-refractivity contribution < 1.29 is 14.2 Å². The Morgan fingerprint density at radius 1 is 0.926 bits per heavy atom. The first-order chi connectivity index (χ1) is 13.4. The molecule has 27 heavy (non-hydrogen) atoms. The van der Waals surface area contributed by atoms with Crippen LogP contribution in [0.4, 0.5) is 0 Å². The minimum Gasteiger partial charge on any atom is -0.370 e. The molecule has 2 saturated heterocycles. The molecule has 0 saturated carbocycles. The van der Waals surface area contributed by atoms with E-state index in [1.165, 1.54) is 0 Å². The zero-order valence-electron chi connectivity index (χ0n) is 14.8. The van der Waals surface area contributed by atoms with Gasteiger partial charge in [0.25, 0.3) is 0 Å². The van der Waals surface area contributed by atoms with Gasteiger partial charge in [-0.05, 0) is 5.56 Å². The monoisotopic (exact) mass is 363 g/mol. The van der Waals surface area contributed by atoms with Gasteiger partial charge in [-0.1, -0.05) is 65.9 Å². The third-order valence-corrected chi connectivity index (χ3v) is 5.21. The number of nitrogens with zero attached hydrogens (tertiary/aromatic N) is 3. The Kier molecular flexibility index (Phi) is 4.45. The van der Waals surface area contributed by atoms with Crippen LogP contribution >= 0.6 is 0 Å². The van der Waals surface area contributed by atoms with Crippen molar-refractivity contribution in [2.24, 2.45) is 0 Å². The maximum Gasteiger partial charge on any atom is 0.114 e. The van der Waals surface area contributed by atoms with Gasteiger partial charge in [-0.25, -0.2) is 4.68 Å². The van der Waals surface area contributed by atoms with Crippen LogP contribution in [0, 0.1) is 0 Å². The second-order valence-corrected chi connectivity index (χ2v) is 6.95. The SMILES string of the molecule is c1ccc(COC2COC3C2OCC3n2cc(-c3ccccc3)nn2)cc1. The van der Waals surface area contributed by atoms with Crippen molar-refractivity contribution in [1.29, 1.82) is 0 Å². The molecule has 2 aliphatic heterocycles. The van der Waals surface area contributed by atoms with Crippen LogP contribution in [0.2, 0.25) is 0 Å². The van der Waals surface area contributed by atoms with Crippen LogP contribution in [-0.2, 0) is 20.8 Å². The van der Waals surface area contributed by atoms with E-state index in [4.69, 9.17) is 14.2 Å². The number of aromatic nitrogens is 3. The van der Waals surface area contributed by atoms with Crippen molar-refractivity contribution in [3.05, 3.63) is 72.4 Å². The topological polar surface area (TPSA) is 58.4 Å². The number of fused-ring (bicyclic) bond motifs is 1. The summed E-state index contributed by atoms with van der Waals surface area (Å²) >= 11 is 0. The predicted molar refractivity (Wildman–Crippen MR) is 99.0 cm³/mol. The summed E-state index contributed by atoms with van der Waals surface area (Å²) in [7, 11) is 0. The van der Waals surface area contributed by atoms with E-state index in [0.717, 1.165) is 16.8 Å². The Balaban J connectivity index is 1.26. The first-order valence-electron chi connectivity index (χ1n) is 9.24. The van der Waals surface area contributed by atoms with Gasteiger partial charge in [0.2, 0.25) is 0 Å². The standard InChI is InChI=1S/C21H21N3O3/c1-3-7-15(8-4-1)12-25-19-14-27-20-18(13-26-21(19)20)24-11-17(22-23-24)16-9-5-2-6-10-16/h1-11,18-21H,12-14H2. The number of benzene rings is 2. The molecule has 4 atom stereocenters. The number of hydrogen-bond donors (Lipinski definition) is 0. The lowest BCUT2D eigenvalue weighted by Crippen LogP contribution is -2.32. The van der Waals surface area contributed by atoms with Crippen LogP contribution in [0.3, 0.4) is 0 Å². The largest absolute Gasteiger partial charge is 0.370 e. The second kappa shape index (κ2) is 7.23. The van der Waals surface area contributed by atoms with Crippen molar-refractivity contribution >= 4 is 0 Å². The predicted octanol–water partition coefficient (Wildman–Crippen LogP) is 2.87. The molecule has 2 aromatic carbocycles. The molecular weight excluding hydrogens is 342 g/mol. The molecule has 0 amide bonds. The van der Waals surface area contributed by atoms with Crippen LogP contribution in [0.1, 0.15) is 11.6 Å². The van der Waals surface area contributed by atoms with E-state index in [0.29, 0.717) is 19.8 Å². The molecule has 0 aliphatic carbocycles. The average molecular weight is 363 g/mol. The van der Waals surface area contributed by atoms with Crippen LogP contribution in [-0.4, -0.2) is 46.5 Å². The Labute approximate surface area is 157 Å². The highest BCUT2D eigenvalue weighted by atomic mass is 16.6. The summed E-state index contributed by atoms with van der Waals surface area (Å²) in [5.74, 6) is 0. The summed E-state index contributed by atoms with van der Waals surface area (Å²) in [5.41, 5.74) is 3.06. The summed E-state index contributed by atoms with van der Waals surface area (Å²) in [6.07, 6.45) is 1.78. The molecule has 2 aliphatic rings. The fourth-order valence-electron chi connectivity index (χ4n) is 3.77. The van der Waals surface area contributed by atoms with Gasteiger partial charge in [-0.2, -0.15) is 0 Å². The fourth-order valence-corrected chi connectivity index (χ4v) is 3.77. The molecule has 0 bridgehead atoms. The third kappa shape index (κ3) is 3.27. The van der Waals surface area contributed by atoms with Crippen molar-refractivity contribution in [2.75, 3.05) is 13.2 Å². The summed E-state index contributed by atoms with van der Waals surface area (Å²) < 4.78 is 20.0.